The first-order valence-electron chi connectivity index (χ1n) is 7.34. The van der Waals surface area contributed by atoms with Crippen LogP contribution in [-0.4, -0.2) is 37.7 Å². The summed E-state index contributed by atoms with van der Waals surface area (Å²) in [5.41, 5.74) is 1.07. The van der Waals surface area contributed by atoms with Gasteiger partial charge in [0, 0.05) is 5.02 Å². The van der Waals surface area contributed by atoms with E-state index in [1.54, 1.807) is 31.2 Å². The summed E-state index contributed by atoms with van der Waals surface area (Å²) in [5.74, 6) is -1.09. The van der Waals surface area contributed by atoms with Crippen molar-refractivity contribution < 1.29 is 23.9 Å². The summed E-state index contributed by atoms with van der Waals surface area (Å²) in [6.07, 6.45) is -0.00606. The van der Waals surface area contributed by atoms with Gasteiger partial charge < -0.3 is 20.1 Å². The van der Waals surface area contributed by atoms with Crippen molar-refractivity contribution in [1.82, 2.24) is 10.6 Å². The second kappa shape index (κ2) is 8.35. The normalized spacial score (nSPS) is 13.8. The van der Waals surface area contributed by atoms with Crippen molar-refractivity contribution in [1.29, 1.82) is 0 Å². The van der Waals surface area contributed by atoms with Gasteiger partial charge in [0.1, 0.15) is 6.61 Å². The third-order valence-electron chi connectivity index (χ3n) is 3.25. The highest BCUT2D eigenvalue weighted by Crippen LogP contribution is 2.16. The number of halogens is 1. The molecule has 0 saturated carbocycles. The number of carbonyl (C=O) groups excluding carboxylic acids is 3. The molecule has 2 N–H and O–H groups in total. The predicted octanol–water partition coefficient (Wildman–Crippen LogP) is 1.56. The minimum absolute atomic E-state index is 0.00606. The first-order chi connectivity index (χ1) is 11.5. The van der Waals surface area contributed by atoms with Crippen LogP contribution in [0.5, 0.6) is 0 Å². The Morgan fingerprint density at radius 3 is 2.71 bits per heavy atom. The average Bonchev–Trinajstić information content (AvgIpc) is 2.55. The first-order valence-corrected chi connectivity index (χ1v) is 7.72. The van der Waals surface area contributed by atoms with Crippen molar-refractivity contribution in [2.24, 2.45) is 0 Å². The number of amides is 2. The number of nitrogens with one attached hydrogen (secondary N) is 2. The Balaban J connectivity index is 2.01. The molecule has 0 aromatic heterocycles. The van der Waals surface area contributed by atoms with Gasteiger partial charge in [-0.2, -0.15) is 0 Å². The molecule has 8 heteroatoms. The van der Waals surface area contributed by atoms with Crippen LogP contribution < -0.4 is 10.6 Å². The lowest BCUT2D eigenvalue weighted by atomic mass is 10.1. The molecule has 0 atom stereocenters. The van der Waals surface area contributed by atoms with Crippen molar-refractivity contribution in [3.05, 3.63) is 46.1 Å². The molecule has 1 aromatic rings. The van der Waals surface area contributed by atoms with Gasteiger partial charge in [0.15, 0.2) is 0 Å². The van der Waals surface area contributed by atoms with Gasteiger partial charge in [-0.05, 0) is 18.6 Å². The van der Waals surface area contributed by atoms with E-state index in [1.807, 2.05) is 0 Å². The smallest absolute Gasteiger partial charge is 0.337 e. The molecule has 0 aliphatic carbocycles. The van der Waals surface area contributed by atoms with E-state index < -0.39 is 18.0 Å². The minimum Gasteiger partial charge on any atom is -0.463 e. The maximum absolute atomic E-state index is 11.9. The molecule has 0 bridgehead atoms. The lowest BCUT2D eigenvalue weighted by Gasteiger charge is -2.21. The lowest BCUT2D eigenvalue weighted by Crippen LogP contribution is -2.45. The summed E-state index contributed by atoms with van der Waals surface area (Å²) < 4.78 is 10.1. The third kappa shape index (κ3) is 4.73. The molecule has 0 saturated heterocycles. The summed E-state index contributed by atoms with van der Waals surface area (Å²) in [4.78, 5) is 35.2. The fourth-order valence-electron chi connectivity index (χ4n) is 2.07. The predicted molar refractivity (Wildman–Crippen MR) is 86.3 cm³/mol. The summed E-state index contributed by atoms with van der Waals surface area (Å²) in [6.45, 7) is 1.67. The zero-order chi connectivity index (χ0) is 17.5. The van der Waals surface area contributed by atoms with Gasteiger partial charge in [-0.3, -0.25) is 4.79 Å². The standard InChI is InChI=1S/C16H17ClN2O5/c1-2-23-15(21)11-8-18-16(22)19-13(11)9-24-14(20)7-10-5-3-4-6-12(10)17/h3-6H,2,7-9H2,1H3,(H2,18,19,22). The first kappa shape index (κ1) is 17.8. The van der Waals surface area contributed by atoms with Crippen molar-refractivity contribution in [2.75, 3.05) is 19.8 Å². The fourth-order valence-corrected chi connectivity index (χ4v) is 2.27. The monoisotopic (exact) mass is 352 g/mol. The molecular weight excluding hydrogens is 336 g/mol. The van der Waals surface area contributed by atoms with Crippen molar-refractivity contribution in [3.8, 4) is 0 Å². The zero-order valence-corrected chi connectivity index (χ0v) is 13.8. The SMILES string of the molecule is CCOC(=O)C1=C(COC(=O)Cc2ccccc2Cl)NC(=O)NC1. The molecule has 0 radical (unpaired) electrons. The molecule has 0 fully saturated rings. The number of hydrogen-bond donors (Lipinski definition) is 2. The molecule has 0 unspecified atom stereocenters. The number of rotatable bonds is 6. The average molecular weight is 353 g/mol. The summed E-state index contributed by atoms with van der Waals surface area (Å²) in [6, 6.07) is 6.46. The molecule has 7 nitrogen and oxygen atoms in total. The van der Waals surface area contributed by atoms with Crippen LogP contribution in [-0.2, 0) is 25.5 Å². The van der Waals surface area contributed by atoms with Gasteiger partial charge in [-0.15, -0.1) is 0 Å². The minimum atomic E-state index is -0.567. The number of carbonyl (C=O) groups is 3. The lowest BCUT2D eigenvalue weighted by molar-refractivity contribution is -0.143. The van der Waals surface area contributed by atoms with Crippen molar-refractivity contribution in [2.45, 2.75) is 13.3 Å². The largest absolute Gasteiger partial charge is 0.463 e. The number of esters is 2. The Hall–Kier alpha value is -2.54. The number of ether oxygens (including phenoxy) is 2. The van der Waals surface area contributed by atoms with E-state index in [-0.39, 0.29) is 37.4 Å². The van der Waals surface area contributed by atoms with Crippen molar-refractivity contribution in [3.63, 3.8) is 0 Å². The van der Waals surface area contributed by atoms with Gasteiger partial charge in [-0.25, -0.2) is 9.59 Å². The number of urea groups is 1. The van der Waals surface area contributed by atoms with E-state index in [1.165, 1.54) is 0 Å². The highest BCUT2D eigenvalue weighted by Gasteiger charge is 2.24. The van der Waals surface area contributed by atoms with Crippen LogP contribution in [0.25, 0.3) is 0 Å². The molecule has 128 valence electrons. The highest BCUT2D eigenvalue weighted by molar-refractivity contribution is 6.31. The molecule has 2 amide bonds. The molecule has 0 spiro atoms. The fraction of sp³-hybridized carbons (Fsp3) is 0.312. The van der Waals surface area contributed by atoms with Gasteiger partial charge in [0.05, 0.1) is 30.8 Å². The van der Waals surface area contributed by atoms with Crippen LogP contribution in [0.2, 0.25) is 5.02 Å². The highest BCUT2D eigenvalue weighted by atomic mass is 35.5. The summed E-state index contributed by atoms with van der Waals surface area (Å²) in [5, 5.41) is 5.40. The molecule has 1 aliphatic heterocycles. The number of hydrogen-bond acceptors (Lipinski definition) is 5. The van der Waals surface area contributed by atoms with Gasteiger partial charge in [-0.1, -0.05) is 29.8 Å². The van der Waals surface area contributed by atoms with E-state index in [9.17, 15) is 14.4 Å². The Labute approximate surface area is 144 Å². The Kier molecular flexibility index (Phi) is 6.20. The van der Waals surface area contributed by atoms with Crippen LogP contribution >= 0.6 is 11.6 Å². The number of benzene rings is 1. The Morgan fingerprint density at radius 1 is 1.25 bits per heavy atom. The second-order valence-electron chi connectivity index (χ2n) is 4.91. The van der Waals surface area contributed by atoms with Crippen LogP contribution in [0.15, 0.2) is 35.5 Å². The molecular formula is C16H17ClN2O5. The van der Waals surface area contributed by atoms with E-state index in [4.69, 9.17) is 21.1 Å². The molecule has 2 rings (SSSR count). The van der Waals surface area contributed by atoms with E-state index >= 15 is 0 Å². The van der Waals surface area contributed by atoms with Crippen LogP contribution in [0, 0.1) is 0 Å². The maximum atomic E-state index is 11.9. The summed E-state index contributed by atoms with van der Waals surface area (Å²) >= 11 is 5.99. The van der Waals surface area contributed by atoms with E-state index in [0.717, 1.165) is 0 Å². The molecule has 1 heterocycles. The van der Waals surface area contributed by atoms with Gasteiger partial charge >= 0.3 is 18.0 Å². The van der Waals surface area contributed by atoms with Crippen LogP contribution in [0.3, 0.4) is 0 Å². The quantitative estimate of drug-likeness (QED) is 0.758. The van der Waals surface area contributed by atoms with Crippen LogP contribution in [0.1, 0.15) is 12.5 Å². The molecule has 1 aromatic carbocycles. The Bertz CT molecular complexity index is 687. The van der Waals surface area contributed by atoms with E-state index in [0.29, 0.717) is 10.6 Å². The zero-order valence-electron chi connectivity index (χ0n) is 13.1. The Morgan fingerprint density at radius 2 is 2.00 bits per heavy atom. The van der Waals surface area contributed by atoms with Crippen LogP contribution in [0.4, 0.5) is 4.79 Å². The van der Waals surface area contributed by atoms with Gasteiger partial charge in [0.25, 0.3) is 0 Å². The van der Waals surface area contributed by atoms with E-state index in [2.05, 4.69) is 10.6 Å². The maximum Gasteiger partial charge on any atom is 0.337 e. The van der Waals surface area contributed by atoms with Crippen molar-refractivity contribution >= 4 is 29.6 Å². The molecule has 24 heavy (non-hydrogen) atoms. The topological polar surface area (TPSA) is 93.7 Å². The second-order valence-corrected chi connectivity index (χ2v) is 5.32. The van der Waals surface area contributed by atoms with Gasteiger partial charge in [0.2, 0.25) is 0 Å². The molecule has 1 aliphatic rings. The summed E-state index contributed by atoms with van der Waals surface area (Å²) in [7, 11) is 0. The third-order valence-corrected chi connectivity index (χ3v) is 3.62.